The number of halogens is 1. The summed E-state index contributed by atoms with van der Waals surface area (Å²) in [4.78, 5) is 22.3. The maximum absolute atomic E-state index is 13.4. The first-order valence-corrected chi connectivity index (χ1v) is 13.8. The van der Waals surface area contributed by atoms with Gasteiger partial charge in [0, 0.05) is 11.8 Å². The highest BCUT2D eigenvalue weighted by Crippen LogP contribution is 2.36. The van der Waals surface area contributed by atoms with Gasteiger partial charge in [0.25, 0.3) is 0 Å². The number of anilines is 1. The maximum atomic E-state index is 13.4. The molecule has 1 saturated carbocycles. The first kappa shape index (κ1) is 25.1. The number of hydrogen-bond donors (Lipinski definition) is 1. The molecule has 2 aromatic carbocycles. The van der Waals surface area contributed by atoms with Gasteiger partial charge in [0.1, 0.15) is 5.75 Å². The van der Waals surface area contributed by atoms with E-state index in [1.54, 1.807) is 25.4 Å². The molecule has 1 heterocycles. The lowest BCUT2D eigenvalue weighted by molar-refractivity contribution is -0.118. The van der Waals surface area contributed by atoms with Gasteiger partial charge in [0.2, 0.25) is 5.91 Å². The number of nitrogens with zero attached hydrogens (tertiary/aromatic N) is 2. The van der Waals surface area contributed by atoms with E-state index in [1.807, 2.05) is 24.3 Å². The van der Waals surface area contributed by atoms with Gasteiger partial charge in [-0.25, -0.2) is 13.4 Å². The van der Waals surface area contributed by atoms with Gasteiger partial charge in [-0.1, -0.05) is 55.5 Å². The van der Waals surface area contributed by atoms with Gasteiger partial charge in [-0.15, -0.1) is 0 Å². The van der Waals surface area contributed by atoms with Crippen molar-refractivity contribution in [2.75, 3.05) is 18.7 Å². The van der Waals surface area contributed by atoms with Crippen LogP contribution in [0.15, 0.2) is 59.8 Å². The first-order valence-electron chi connectivity index (χ1n) is 11.5. The van der Waals surface area contributed by atoms with E-state index in [4.69, 9.17) is 16.3 Å². The van der Waals surface area contributed by atoms with E-state index in [9.17, 15) is 13.2 Å². The summed E-state index contributed by atoms with van der Waals surface area (Å²) in [6.07, 6.45) is 9.35. The van der Waals surface area contributed by atoms with Crippen LogP contribution >= 0.6 is 11.6 Å². The van der Waals surface area contributed by atoms with Crippen LogP contribution in [0.4, 0.5) is 5.82 Å². The smallest absolute Gasteiger partial charge is 0.233 e. The number of carbonyl (C=O) groups is 1. The Hall–Kier alpha value is -2.97. The SMILES string of the molecule is COc1ccccc1-c1cnc(NC(=O)[C@H](CC2CCCC2)c2ccc(S(C)(=O)=O)c(Cl)c2)cn1. The molecule has 1 amide bonds. The minimum Gasteiger partial charge on any atom is -0.496 e. The summed E-state index contributed by atoms with van der Waals surface area (Å²) in [5.74, 6) is 0.742. The van der Waals surface area contributed by atoms with Crippen molar-refractivity contribution in [3.05, 3.63) is 65.4 Å². The molecule has 0 radical (unpaired) electrons. The average molecular weight is 514 g/mol. The fourth-order valence-corrected chi connectivity index (χ4v) is 5.95. The lowest BCUT2D eigenvalue weighted by Gasteiger charge is -2.21. The van der Waals surface area contributed by atoms with Crippen molar-refractivity contribution in [1.29, 1.82) is 0 Å². The number of benzene rings is 2. The number of methoxy groups -OCH3 is 1. The van der Waals surface area contributed by atoms with Crippen molar-refractivity contribution in [2.45, 2.75) is 42.9 Å². The second kappa shape index (κ2) is 10.7. The summed E-state index contributed by atoms with van der Waals surface area (Å²) in [5, 5.41) is 3.00. The zero-order valence-corrected chi connectivity index (χ0v) is 21.3. The van der Waals surface area contributed by atoms with Gasteiger partial charge in [-0.05, 0) is 42.2 Å². The Balaban J connectivity index is 1.57. The number of amides is 1. The zero-order chi connectivity index (χ0) is 25.0. The third kappa shape index (κ3) is 6.00. The van der Waals surface area contributed by atoms with Crippen molar-refractivity contribution < 1.29 is 17.9 Å². The summed E-state index contributed by atoms with van der Waals surface area (Å²) in [5.41, 5.74) is 2.12. The molecule has 1 fully saturated rings. The standard InChI is InChI=1S/C26H28ClN3O4S/c1-34-23-10-6-5-9-19(23)22-15-29-25(16-28-22)30-26(31)20(13-17-7-3-4-8-17)18-11-12-24(21(27)14-18)35(2,32)33/h5-6,9-12,14-17,20H,3-4,7-8,13H2,1-2H3,(H,29,30,31)/t20-/m1/s1. The summed E-state index contributed by atoms with van der Waals surface area (Å²) >= 11 is 6.30. The lowest BCUT2D eigenvalue weighted by Crippen LogP contribution is -2.24. The second-order valence-electron chi connectivity index (χ2n) is 8.88. The molecule has 9 heteroatoms. The minimum absolute atomic E-state index is 0.0562. The van der Waals surface area contributed by atoms with Crippen LogP contribution in [0.3, 0.4) is 0 Å². The Morgan fingerprint density at radius 3 is 2.51 bits per heavy atom. The van der Waals surface area contributed by atoms with Crippen LogP contribution in [0.2, 0.25) is 5.02 Å². The molecule has 3 aromatic rings. The summed E-state index contributed by atoms with van der Waals surface area (Å²) in [6.45, 7) is 0. The van der Waals surface area contributed by atoms with Gasteiger partial charge in [0.15, 0.2) is 15.7 Å². The van der Waals surface area contributed by atoms with Crippen LogP contribution in [0.25, 0.3) is 11.3 Å². The highest BCUT2D eigenvalue weighted by atomic mass is 35.5. The Morgan fingerprint density at radius 1 is 1.14 bits per heavy atom. The molecule has 184 valence electrons. The first-order chi connectivity index (χ1) is 16.8. The molecule has 1 aliphatic rings. The number of nitrogens with one attached hydrogen (secondary N) is 1. The Bertz CT molecular complexity index is 1310. The van der Waals surface area contributed by atoms with E-state index in [-0.39, 0.29) is 15.8 Å². The third-order valence-corrected chi connectivity index (χ3v) is 7.98. The molecule has 0 unspecified atom stereocenters. The summed E-state index contributed by atoms with van der Waals surface area (Å²) < 4.78 is 29.3. The van der Waals surface area contributed by atoms with Gasteiger partial charge >= 0.3 is 0 Å². The van der Waals surface area contributed by atoms with Crippen molar-refractivity contribution in [3.63, 3.8) is 0 Å². The van der Waals surface area contributed by atoms with Crippen molar-refractivity contribution in [1.82, 2.24) is 9.97 Å². The quantitative estimate of drug-likeness (QED) is 0.426. The molecule has 1 aliphatic carbocycles. The Morgan fingerprint density at radius 2 is 1.89 bits per heavy atom. The van der Waals surface area contributed by atoms with E-state index in [2.05, 4.69) is 15.3 Å². The fraction of sp³-hybridized carbons (Fsp3) is 0.346. The van der Waals surface area contributed by atoms with Crippen molar-refractivity contribution in [2.24, 2.45) is 5.92 Å². The maximum Gasteiger partial charge on any atom is 0.233 e. The van der Waals surface area contributed by atoms with E-state index in [1.165, 1.54) is 12.3 Å². The molecule has 0 spiro atoms. The molecule has 0 aliphatic heterocycles. The van der Waals surface area contributed by atoms with Crippen molar-refractivity contribution in [3.8, 4) is 17.0 Å². The van der Waals surface area contributed by atoms with E-state index < -0.39 is 15.8 Å². The number of aromatic nitrogens is 2. The van der Waals surface area contributed by atoms with E-state index >= 15 is 0 Å². The lowest BCUT2D eigenvalue weighted by atomic mass is 9.87. The predicted molar refractivity (Wildman–Crippen MR) is 137 cm³/mol. The molecule has 4 rings (SSSR count). The van der Waals surface area contributed by atoms with Gasteiger partial charge in [-0.3, -0.25) is 9.78 Å². The molecule has 0 saturated heterocycles. The second-order valence-corrected chi connectivity index (χ2v) is 11.3. The predicted octanol–water partition coefficient (Wildman–Crippen LogP) is 5.51. The van der Waals surface area contributed by atoms with Gasteiger partial charge in [-0.2, -0.15) is 0 Å². The number of ether oxygens (including phenoxy) is 1. The third-order valence-electron chi connectivity index (χ3n) is 6.40. The van der Waals surface area contributed by atoms with Gasteiger partial charge in [0.05, 0.1) is 41.0 Å². The summed E-state index contributed by atoms with van der Waals surface area (Å²) in [6, 6.07) is 12.3. The van der Waals surface area contributed by atoms with Crippen LogP contribution < -0.4 is 10.1 Å². The van der Waals surface area contributed by atoms with Gasteiger partial charge < -0.3 is 10.1 Å². The monoisotopic (exact) mass is 513 g/mol. The minimum atomic E-state index is -3.46. The topological polar surface area (TPSA) is 98.2 Å². The molecule has 1 atom stereocenters. The zero-order valence-electron chi connectivity index (χ0n) is 19.7. The number of carbonyl (C=O) groups excluding carboxylic acids is 1. The number of rotatable bonds is 8. The molecular weight excluding hydrogens is 486 g/mol. The van der Waals surface area contributed by atoms with Crippen LogP contribution in [0.5, 0.6) is 5.75 Å². The molecular formula is C26H28ClN3O4S. The van der Waals surface area contributed by atoms with E-state index in [0.29, 0.717) is 35.2 Å². The molecule has 0 bridgehead atoms. The van der Waals surface area contributed by atoms with Crippen LogP contribution in [0.1, 0.15) is 43.6 Å². The number of sulfone groups is 1. The Labute approximate surface area is 210 Å². The normalized spacial score (nSPS) is 15.1. The average Bonchev–Trinajstić information content (AvgIpc) is 3.35. The fourth-order valence-electron chi connectivity index (χ4n) is 4.61. The van der Waals surface area contributed by atoms with Crippen LogP contribution in [-0.4, -0.2) is 37.7 Å². The largest absolute Gasteiger partial charge is 0.496 e. The van der Waals surface area contributed by atoms with Crippen molar-refractivity contribution >= 4 is 33.2 Å². The number of para-hydroxylation sites is 1. The molecule has 7 nitrogen and oxygen atoms in total. The molecule has 1 aromatic heterocycles. The highest BCUT2D eigenvalue weighted by Gasteiger charge is 2.28. The Kier molecular flexibility index (Phi) is 7.72. The van der Waals surface area contributed by atoms with Crippen LogP contribution in [-0.2, 0) is 14.6 Å². The molecule has 1 N–H and O–H groups in total. The van der Waals surface area contributed by atoms with Crippen LogP contribution in [0, 0.1) is 5.92 Å². The molecule has 35 heavy (non-hydrogen) atoms. The van der Waals surface area contributed by atoms with E-state index in [0.717, 1.165) is 37.5 Å². The number of hydrogen-bond acceptors (Lipinski definition) is 6. The summed E-state index contributed by atoms with van der Waals surface area (Å²) in [7, 11) is -1.86. The highest BCUT2D eigenvalue weighted by molar-refractivity contribution is 7.90.